The van der Waals surface area contributed by atoms with Crippen molar-refractivity contribution < 1.29 is 13.2 Å². The molecule has 1 rings (SSSR count). The van der Waals surface area contributed by atoms with E-state index in [4.69, 9.17) is 0 Å². The van der Waals surface area contributed by atoms with Crippen molar-refractivity contribution in [2.24, 2.45) is 5.10 Å². The van der Waals surface area contributed by atoms with E-state index in [0.29, 0.717) is 0 Å². The minimum Gasteiger partial charge on any atom is -0.378 e. The summed E-state index contributed by atoms with van der Waals surface area (Å²) in [5, 5.41) is 3.78. The number of amides is 1. The fourth-order valence-corrected chi connectivity index (χ4v) is 1.93. The highest BCUT2D eigenvalue weighted by atomic mass is 32.2. The monoisotopic (exact) mass is 327 g/mol. The fourth-order valence-electron chi connectivity index (χ4n) is 1.36. The standard InChI is InChI=1S/C13H21N5O3S/c1-17(2)12-7-5-11(6-8-12)9-14-16-13(19)10-15-22(20,21)18(3)4/h5-9,15H,10H2,1-4H3,(H,16,19)/b14-9+. The number of carbonyl (C=O) groups excluding carboxylic acids is 1. The molecule has 1 aromatic carbocycles. The molecule has 0 aliphatic heterocycles. The molecule has 8 nitrogen and oxygen atoms in total. The second kappa shape index (κ2) is 7.87. The Bertz CT molecular complexity index is 624. The normalized spacial score (nSPS) is 11.9. The predicted octanol–water partition coefficient (Wildman–Crippen LogP) is -0.401. The number of hydrogen-bond acceptors (Lipinski definition) is 5. The number of benzene rings is 1. The Labute approximate surface area is 131 Å². The minimum absolute atomic E-state index is 0.378. The molecule has 0 heterocycles. The average Bonchev–Trinajstić information content (AvgIpc) is 2.45. The lowest BCUT2D eigenvalue weighted by molar-refractivity contribution is -0.119. The first kappa shape index (κ1) is 18.1. The lowest BCUT2D eigenvalue weighted by atomic mass is 10.2. The molecule has 0 aliphatic rings. The summed E-state index contributed by atoms with van der Waals surface area (Å²) in [7, 11) is 3.01. The van der Waals surface area contributed by atoms with Gasteiger partial charge in [0.25, 0.3) is 16.1 Å². The summed E-state index contributed by atoms with van der Waals surface area (Å²) in [5.41, 5.74) is 4.13. The van der Waals surface area contributed by atoms with Crippen molar-refractivity contribution in [2.75, 3.05) is 39.6 Å². The highest BCUT2D eigenvalue weighted by Gasteiger charge is 2.13. The van der Waals surface area contributed by atoms with Gasteiger partial charge >= 0.3 is 0 Å². The number of hydrogen-bond donors (Lipinski definition) is 2. The Morgan fingerprint density at radius 3 is 2.27 bits per heavy atom. The number of nitrogens with one attached hydrogen (secondary N) is 2. The van der Waals surface area contributed by atoms with Gasteiger partial charge in [-0.2, -0.15) is 22.5 Å². The van der Waals surface area contributed by atoms with Gasteiger partial charge in [0.05, 0.1) is 12.8 Å². The van der Waals surface area contributed by atoms with Crippen molar-refractivity contribution in [3.05, 3.63) is 29.8 Å². The highest BCUT2D eigenvalue weighted by Crippen LogP contribution is 2.10. The van der Waals surface area contributed by atoms with Gasteiger partial charge in [0.1, 0.15) is 0 Å². The van der Waals surface area contributed by atoms with Gasteiger partial charge in [-0.1, -0.05) is 12.1 Å². The molecule has 2 N–H and O–H groups in total. The molecular weight excluding hydrogens is 306 g/mol. The smallest absolute Gasteiger partial charge is 0.279 e. The van der Waals surface area contributed by atoms with Crippen LogP contribution in [0.25, 0.3) is 0 Å². The molecule has 0 spiro atoms. The number of rotatable bonds is 7. The van der Waals surface area contributed by atoms with E-state index in [1.165, 1.54) is 20.3 Å². The fraction of sp³-hybridized carbons (Fsp3) is 0.385. The molecule has 1 aromatic rings. The second-order valence-electron chi connectivity index (χ2n) is 4.89. The topological polar surface area (TPSA) is 94.1 Å². The molecule has 22 heavy (non-hydrogen) atoms. The molecule has 122 valence electrons. The third kappa shape index (κ3) is 5.80. The summed E-state index contributed by atoms with van der Waals surface area (Å²) in [6.45, 7) is -0.378. The van der Waals surface area contributed by atoms with E-state index in [2.05, 4.69) is 15.2 Å². The van der Waals surface area contributed by atoms with Crippen molar-refractivity contribution in [3.8, 4) is 0 Å². The van der Waals surface area contributed by atoms with Gasteiger partial charge in [0, 0.05) is 33.9 Å². The molecule has 0 saturated carbocycles. The molecule has 0 radical (unpaired) electrons. The van der Waals surface area contributed by atoms with Gasteiger partial charge < -0.3 is 4.90 Å². The lowest BCUT2D eigenvalue weighted by Gasteiger charge is -2.11. The molecule has 0 aromatic heterocycles. The van der Waals surface area contributed by atoms with Crippen LogP contribution in [0.2, 0.25) is 0 Å². The molecule has 0 fully saturated rings. The van der Waals surface area contributed by atoms with Crippen LogP contribution in [-0.2, 0) is 15.0 Å². The first-order chi connectivity index (χ1) is 10.2. The van der Waals surface area contributed by atoms with E-state index in [1.807, 2.05) is 43.3 Å². The molecule has 0 unspecified atom stereocenters. The summed E-state index contributed by atoms with van der Waals surface area (Å²) < 4.78 is 25.9. The average molecular weight is 327 g/mol. The van der Waals surface area contributed by atoms with E-state index in [0.717, 1.165) is 15.6 Å². The SMILES string of the molecule is CN(C)c1ccc(/C=N/NC(=O)CNS(=O)(=O)N(C)C)cc1. The zero-order valence-electron chi connectivity index (χ0n) is 13.1. The highest BCUT2D eigenvalue weighted by molar-refractivity contribution is 7.87. The van der Waals surface area contributed by atoms with Crippen LogP contribution in [0.1, 0.15) is 5.56 Å². The zero-order chi connectivity index (χ0) is 16.8. The van der Waals surface area contributed by atoms with Crippen LogP contribution in [0.3, 0.4) is 0 Å². The minimum atomic E-state index is -3.62. The molecular formula is C13H21N5O3S. The van der Waals surface area contributed by atoms with Crippen LogP contribution in [-0.4, -0.2) is 59.6 Å². The maximum atomic E-state index is 11.5. The van der Waals surface area contributed by atoms with Crippen LogP contribution < -0.4 is 15.0 Å². The summed E-state index contributed by atoms with van der Waals surface area (Å²) in [6, 6.07) is 7.57. The van der Waals surface area contributed by atoms with Crippen molar-refractivity contribution in [1.82, 2.24) is 14.5 Å². The molecule has 9 heteroatoms. The summed E-state index contributed by atoms with van der Waals surface area (Å²) >= 11 is 0. The maximum Gasteiger partial charge on any atom is 0.279 e. The van der Waals surface area contributed by atoms with E-state index >= 15 is 0 Å². The van der Waals surface area contributed by atoms with Crippen LogP contribution >= 0.6 is 0 Å². The molecule has 0 atom stereocenters. The van der Waals surface area contributed by atoms with Gasteiger partial charge in [-0.3, -0.25) is 4.79 Å². The van der Waals surface area contributed by atoms with Gasteiger partial charge in [-0.15, -0.1) is 0 Å². The van der Waals surface area contributed by atoms with Gasteiger partial charge in [0.15, 0.2) is 0 Å². The predicted molar refractivity (Wildman–Crippen MR) is 87.1 cm³/mol. The Morgan fingerprint density at radius 1 is 1.18 bits per heavy atom. The van der Waals surface area contributed by atoms with Gasteiger partial charge in [-0.25, -0.2) is 5.43 Å². The largest absolute Gasteiger partial charge is 0.378 e. The number of hydrazone groups is 1. The van der Waals surface area contributed by atoms with Crippen LogP contribution in [0, 0.1) is 0 Å². The van der Waals surface area contributed by atoms with Crippen LogP contribution in [0.4, 0.5) is 5.69 Å². The molecule has 0 aliphatic carbocycles. The Kier molecular flexibility index (Phi) is 6.47. The number of nitrogens with zero attached hydrogens (tertiary/aromatic N) is 3. The third-order valence-electron chi connectivity index (χ3n) is 2.71. The summed E-state index contributed by atoms with van der Waals surface area (Å²) in [6.07, 6.45) is 1.48. The van der Waals surface area contributed by atoms with Crippen molar-refractivity contribution in [3.63, 3.8) is 0 Å². The maximum absolute atomic E-state index is 11.5. The first-order valence-corrected chi connectivity index (χ1v) is 7.93. The van der Waals surface area contributed by atoms with Gasteiger partial charge in [-0.05, 0) is 17.7 Å². The summed E-state index contributed by atoms with van der Waals surface area (Å²) in [4.78, 5) is 13.4. The second-order valence-corrected chi connectivity index (χ2v) is 6.86. The molecule has 1 amide bonds. The van der Waals surface area contributed by atoms with E-state index in [1.54, 1.807) is 0 Å². The van der Waals surface area contributed by atoms with Crippen LogP contribution in [0.15, 0.2) is 29.4 Å². The Hall–Kier alpha value is -1.97. The number of anilines is 1. The van der Waals surface area contributed by atoms with Gasteiger partial charge in [0.2, 0.25) is 0 Å². The molecule has 0 bridgehead atoms. The van der Waals surface area contributed by atoms with Crippen molar-refractivity contribution in [2.45, 2.75) is 0 Å². The summed E-state index contributed by atoms with van der Waals surface area (Å²) in [5.74, 6) is -0.549. The first-order valence-electron chi connectivity index (χ1n) is 6.49. The zero-order valence-corrected chi connectivity index (χ0v) is 13.9. The lowest BCUT2D eigenvalue weighted by Crippen LogP contribution is -2.41. The Morgan fingerprint density at radius 2 is 1.77 bits per heavy atom. The van der Waals surface area contributed by atoms with E-state index < -0.39 is 16.1 Å². The van der Waals surface area contributed by atoms with Crippen molar-refractivity contribution in [1.29, 1.82) is 0 Å². The quantitative estimate of drug-likeness (QED) is 0.526. The Balaban J connectivity index is 2.47. The third-order valence-corrected chi connectivity index (χ3v) is 4.18. The van der Waals surface area contributed by atoms with E-state index in [-0.39, 0.29) is 6.54 Å². The molecule has 0 saturated heterocycles. The van der Waals surface area contributed by atoms with Crippen LogP contribution in [0.5, 0.6) is 0 Å². The van der Waals surface area contributed by atoms with Crippen molar-refractivity contribution >= 4 is 28.0 Å². The van der Waals surface area contributed by atoms with E-state index in [9.17, 15) is 13.2 Å². The number of carbonyl (C=O) groups is 1.